The molecular formula is C57H53O14U-. The zero-order valence-electron chi connectivity index (χ0n) is 41.8. The van der Waals surface area contributed by atoms with Crippen molar-refractivity contribution >= 4 is 53.9 Å². The van der Waals surface area contributed by atoms with Gasteiger partial charge in [0.2, 0.25) is 17.2 Å². The number of fused-ring (bicyclic) bond motifs is 6. The van der Waals surface area contributed by atoms with E-state index in [-0.39, 0.29) is 119 Å². The van der Waals surface area contributed by atoms with Crippen molar-refractivity contribution in [1.82, 2.24) is 0 Å². The molecule has 15 heteroatoms. The Morgan fingerprint density at radius 2 is 0.500 bits per heavy atom. The molecule has 9 rings (SSSR count). The van der Waals surface area contributed by atoms with Gasteiger partial charge in [-0.05, 0) is 166 Å². The van der Waals surface area contributed by atoms with Crippen LogP contribution >= 0.6 is 0 Å². The smallest absolute Gasteiger partial charge is 0.204 e. The van der Waals surface area contributed by atoms with Gasteiger partial charge in [0, 0.05) is 86.2 Å². The molecule has 0 saturated heterocycles. The van der Waals surface area contributed by atoms with Gasteiger partial charge in [0.05, 0.1) is 22.6 Å². The van der Waals surface area contributed by atoms with E-state index in [4.69, 9.17) is 0 Å². The summed E-state index contributed by atoms with van der Waals surface area (Å²) in [5.74, 6) is -12.0. The normalized spacial score (nSPS) is 11.8. The van der Waals surface area contributed by atoms with Gasteiger partial charge in [0.15, 0.2) is 34.5 Å². The maximum absolute atomic E-state index is 12.8. The fraction of sp³-hybridized carbons (Fsp3) is 0.228. The van der Waals surface area contributed by atoms with E-state index in [0.29, 0.717) is 49.5 Å². The standard InChI is InChI=1S/C57H53O14.U/c1-15-18(4)23(9)33-30(20(15)6)34-27(13)45(59)55(69)54(68)44(34)48(62)41(33)37-26(12)25(11)36(49(63)50(37)64)40-32-22(8)17(3)16(2)21(7)31(32)39(42-43(40)53(67)57(71)56(70)52(42)66)35-24(10)19(5)28-14-29(58)46(60)51(65)38(28)47(35)61;/h58-71H,1-13H3;/q-1;. The van der Waals surface area contributed by atoms with Gasteiger partial charge in [0.1, 0.15) is 11.5 Å². The summed E-state index contributed by atoms with van der Waals surface area (Å²) in [5, 5.41) is 164. The molecule has 14 N–H and O–H groups in total. The van der Waals surface area contributed by atoms with Gasteiger partial charge in [0.25, 0.3) is 0 Å². The summed E-state index contributed by atoms with van der Waals surface area (Å²) >= 11 is 0. The maximum atomic E-state index is 12.8. The summed E-state index contributed by atoms with van der Waals surface area (Å²) in [6.07, 6.45) is 0. The summed E-state index contributed by atoms with van der Waals surface area (Å²) in [6.45, 7) is 22.7. The van der Waals surface area contributed by atoms with Crippen molar-refractivity contribution in [2.45, 2.75) is 90.0 Å². The van der Waals surface area contributed by atoms with Crippen molar-refractivity contribution in [2.75, 3.05) is 0 Å². The first-order valence-electron chi connectivity index (χ1n) is 22.6. The average molecular weight is 1200 g/mol. The van der Waals surface area contributed by atoms with Gasteiger partial charge in [-0.1, -0.05) is 18.6 Å². The number of rotatable bonds is 3. The predicted octanol–water partition coefficient (Wildman–Crippen LogP) is 12.1. The number of hydrogen-bond donors (Lipinski definition) is 14. The first kappa shape index (κ1) is 50.9. The van der Waals surface area contributed by atoms with Gasteiger partial charge >= 0.3 is 0 Å². The maximum Gasteiger partial charge on any atom is 0.204 e. The van der Waals surface area contributed by atoms with E-state index in [1.54, 1.807) is 41.5 Å². The molecule has 9 aromatic carbocycles. The van der Waals surface area contributed by atoms with Gasteiger partial charge < -0.3 is 71.5 Å². The molecule has 0 amide bonds. The fourth-order valence-electron chi connectivity index (χ4n) is 11.3. The van der Waals surface area contributed by atoms with Crippen LogP contribution in [-0.2, 0) is 0 Å². The first-order chi connectivity index (χ1) is 33.1. The molecule has 0 bridgehead atoms. The summed E-state index contributed by atoms with van der Waals surface area (Å²) in [7, 11) is 0. The average Bonchev–Trinajstić information content (AvgIpc) is 3.33. The molecule has 0 radical (unpaired) electrons. The molecule has 0 aliphatic heterocycles. The third-order valence-corrected chi connectivity index (χ3v) is 16.1. The van der Waals surface area contributed by atoms with Crippen LogP contribution in [0, 0.1) is 127 Å². The van der Waals surface area contributed by atoms with Gasteiger partial charge in [-0.25, -0.2) is 0 Å². The van der Waals surface area contributed by atoms with Crippen LogP contribution in [-0.4, -0.2) is 71.5 Å². The van der Waals surface area contributed by atoms with E-state index >= 15 is 0 Å². The van der Waals surface area contributed by atoms with Crippen LogP contribution in [0.15, 0.2) is 0 Å². The summed E-state index contributed by atoms with van der Waals surface area (Å²) < 4.78 is 0. The molecule has 0 saturated carbocycles. The third kappa shape index (κ3) is 6.13. The quantitative estimate of drug-likeness (QED) is 0.0258. The minimum Gasteiger partial charge on any atom is -0.545 e. The van der Waals surface area contributed by atoms with Gasteiger partial charge in [-0.2, -0.15) is 0 Å². The molecule has 0 fully saturated rings. The number of phenolic OH excluding ortho intramolecular Hbond substituents is 14. The van der Waals surface area contributed by atoms with Crippen molar-refractivity contribution in [3.8, 4) is 114 Å². The van der Waals surface area contributed by atoms with Crippen molar-refractivity contribution in [2.24, 2.45) is 0 Å². The van der Waals surface area contributed by atoms with Crippen LogP contribution in [0.3, 0.4) is 0 Å². The van der Waals surface area contributed by atoms with E-state index in [2.05, 4.69) is 6.07 Å². The molecule has 0 heterocycles. The number of aromatic hydroxyl groups is 14. The Morgan fingerprint density at radius 3 is 0.944 bits per heavy atom. The number of benzene rings is 9. The molecule has 370 valence electrons. The van der Waals surface area contributed by atoms with E-state index in [0.717, 1.165) is 22.3 Å². The Hall–Kier alpha value is -7.47. The Balaban J connectivity index is 0.00000693. The van der Waals surface area contributed by atoms with Crippen molar-refractivity contribution in [1.29, 1.82) is 0 Å². The first-order valence-corrected chi connectivity index (χ1v) is 22.6. The van der Waals surface area contributed by atoms with Crippen LogP contribution in [0.2, 0.25) is 0 Å². The van der Waals surface area contributed by atoms with E-state index in [1.165, 1.54) is 6.92 Å². The van der Waals surface area contributed by atoms with Crippen LogP contribution in [0.25, 0.3) is 87.2 Å². The molecular weight excluding hydrogens is 1150 g/mol. The van der Waals surface area contributed by atoms with Gasteiger partial charge in [-0.3, -0.25) is 0 Å². The molecule has 0 aromatic heterocycles. The van der Waals surface area contributed by atoms with Crippen molar-refractivity contribution in [3.05, 3.63) is 78.4 Å². The topological polar surface area (TPSA) is 283 Å². The van der Waals surface area contributed by atoms with Gasteiger partial charge in [-0.15, -0.1) is 10.9 Å². The molecule has 0 aliphatic rings. The minimum atomic E-state index is -1.15. The number of phenols is 14. The summed E-state index contributed by atoms with van der Waals surface area (Å²) in [5.41, 5.74) is 6.60. The second kappa shape index (κ2) is 16.5. The zero-order valence-corrected chi connectivity index (χ0v) is 45.9. The number of aryl methyl sites for hydroxylation is 6. The molecule has 14 nitrogen and oxygen atoms in total. The largest absolute Gasteiger partial charge is 0.545 e. The third-order valence-electron chi connectivity index (χ3n) is 16.1. The predicted molar refractivity (Wildman–Crippen MR) is 274 cm³/mol. The number of hydrogen-bond acceptors (Lipinski definition) is 14. The summed E-state index contributed by atoms with van der Waals surface area (Å²) in [6, 6.07) is 2.61. The van der Waals surface area contributed by atoms with Crippen LogP contribution in [0.5, 0.6) is 80.5 Å². The van der Waals surface area contributed by atoms with E-state index in [9.17, 15) is 71.5 Å². The second-order valence-electron chi connectivity index (χ2n) is 19.1. The molecule has 72 heavy (non-hydrogen) atoms. The van der Waals surface area contributed by atoms with E-state index < -0.39 is 80.5 Å². The van der Waals surface area contributed by atoms with Crippen molar-refractivity contribution in [3.63, 3.8) is 0 Å². The molecule has 9 aromatic rings. The Kier molecular flexibility index (Phi) is 11.7. The van der Waals surface area contributed by atoms with Crippen LogP contribution < -0.4 is 0 Å². The molecule has 0 atom stereocenters. The molecule has 0 unspecified atom stereocenters. The monoisotopic (exact) mass is 1200 g/mol. The SMILES string of the molecule is Cc1c(C)c(-c2c(O)c3c(O)c(O)c(O)c(C)c3c3c(C)c(C)c(C)c(C)c23)c(O)c(O)c1-c1c2c(C)c(C)c(C)c(C)c2c(-c2c(C)c(C)c3[c-]c(O)c(O)c(O)c3c2O)c2c(O)c(O)c(O)c(O)c12.[U]. The second-order valence-corrected chi connectivity index (χ2v) is 19.1. The zero-order chi connectivity index (χ0) is 52.5. The van der Waals surface area contributed by atoms with Crippen LogP contribution in [0.1, 0.15) is 72.3 Å². The minimum absolute atomic E-state index is 0. The fourth-order valence-corrected chi connectivity index (χ4v) is 11.3. The molecule has 0 spiro atoms. The Bertz CT molecular complexity index is 3950. The van der Waals surface area contributed by atoms with Crippen molar-refractivity contribution < 1.29 is 103 Å². The Morgan fingerprint density at radius 1 is 0.194 bits per heavy atom. The van der Waals surface area contributed by atoms with E-state index in [1.807, 2.05) is 41.5 Å². The van der Waals surface area contributed by atoms with Crippen LogP contribution in [0.4, 0.5) is 0 Å². The summed E-state index contributed by atoms with van der Waals surface area (Å²) in [4.78, 5) is 0. The Labute approximate surface area is 436 Å². The molecule has 0 aliphatic carbocycles.